The van der Waals surface area contributed by atoms with Gasteiger partial charge in [0.1, 0.15) is 5.82 Å². The van der Waals surface area contributed by atoms with Crippen molar-refractivity contribution in [3.63, 3.8) is 0 Å². The van der Waals surface area contributed by atoms with E-state index in [4.69, 9.17) is 5.26 Å². The Morgan fingerprint density at radius 2 is 2.21 bits per heavy atom. The predicted molar refractivity (Wildman–Crippen MR) is 55.0 cm³/mol. The van der Waals surface area contributed by atoms with E-state index in [0.717, 1.165) is 24.5 Å². The topological polar surface area (TPSA) is 39.9 Å². The highest BCUT2D eigenvalue weighted by Gasteiger charge is 2.13. The first-order chi connectivity index (χ1) is 6.90. The molecule has 2 rings (SSSR count). The van der Waals surface area contributed by atoms with Crippen molar-refractivity contribution in [3.8, 4) is 6.07 Å². The maximum atomic E-state index is 8.59. The Hall–Kier alpha value is -1.56. The van der Waals surface area contributed by atoms with Gasteiger partial charge in [0.25, 0.3) is 0 Å². The van der Waals surface area contributed by atoms with Crippen LogP contribution >= 0.6 is 0 Å². The van der Waals surface area contributed by atoms with Gasteiger partial charge in [0.15, 0.2) is 0 Å². The number of hydrogen-bond donors (Lipinski definition) is 0. The molecule has 0 saturated carbocycles. The molecular formula is C11H13N3. The van der Waals surface area contributed by atoms with Crippen LogP contribution < -0.4 is 4.90 Å². The van der Waals surface area contributed by atoms with Crippen molar-refractivity contribution < 1.29 is 0 Å². The van der Waals surface area contributed by atoms with Crippen LogP contribution in [0.2, 0.25) is 0 Å². The van der Waals surface area contributed by atoms with Crippen molar-refractivity contribution in [2.24, 2.45) is 0 Å². The summed E-state index contributed by atoms with van der Waals surface area (Å²) in [6, 6.07) is 6.08. The molecule has 1 saturated heterocycles. The first-order valence-electron chi connectivity index (χ1n) is 4.97. The van der Waals surface area contributed by atoms with Crippen LogP contribution in [0.1, 0.15) is 18.4 Å². The summed E-state index contributed by atoms with van der Waals surface area (Å²) in [6.45, 7) is 2.20. The van der Waals surface area contributed by atoms with Gasteiger partial charge in [-0.2, -0.15) is 5.26 Å². The third-order valence-corrected chi connectivity index (χ3v) is 2.52. The molecule has 0 spiro atoms. The molecule has 3 nitrogen and oxygen atoms in total. The van der Waals surface area contributed by atoms with Gasteiger partial charge in [0, 0.05) is 19.3 Å². The van der Waals surface area contributed by atoms with Gasteiger partial charge >= 0.3 is 0 Å². The van der Waals surface area contributed by atoms with Gasteiger partial charge < -0.3 is 4.90 Å². The highest BCUT2D eigenvalue weighted by molar-refractivity contribution is 5.42. The molecule has 0 bridgehead atoms. The van der Waals surface area contributed by atoms with E-state index < -0.39 is 0 Å². The second kappa shape index (κ2) is 4.10. The first-order valence-corrected chi connectivity index (χ1v) is 4.97. The fraction of sp³-hybridized carbons (Fsp3) is 0.455. The van der Waals surface area contributed by atoms with Crippen LogP contribution in [-0.2, 0) is 6.42 Å². The predicted octanol–water partition coefficient (Wildman–Crippen LogP) is 1.75. The number of aromatic nitrogens is 1. The lowest BCUT2D eigenvalue weighted by Crippen LogP contribution is -2.18. The van der Waals surface area contributed by atoms with E-state index in [1.165, 1.54) is 12.8 Å². The minimum Gasteiger partial charge on any atom is -0.357 e. The third kappa shape index (κ3) is 1.85. The number of anilines is 1. The maximum Gasteiger partial charge on any atom is 0.128 e. The Labute approximate surface area is 84.0 Å². The molecule has 1 fully saturated rings. The van der Waals surface area contributed by atoms with Crippen molar-refractivity contribution in [1.29, 1.82) is 5.26 Å². The molecule has 14 heavy (non-hydrogen) atoms. The van der Waals surface area contributed by atoms with Crippen LogP contribution in [0.15, 0.2) is 18.3 Å². The average molecular weight is 187 g/mol. The van der Waals surface area contributed by atoms with Gasteiger partial charge in [-0.05, 0) is 30.5 Å². The van der Waals surface area contributed by atoms with Gasteiger partial charge in [0.2, 0.25) is 0 Å². The van der Waals surface area contributed by atoms with Gasteiger partial charge in [-0.1, -0.05) is 0 Å². The van der Waals surface area contributed by atoms with E-state index in [1.807, 2.05) is 12.1 Å². The Morgan fingerprint density at radius 3 is 2.93 bits per heavy atom. The number of nitriles is 1. The molecular weight excluding hydrogens is 174 g/mol. The molecule has 3 heteroatoms. The molecule has 0 aromatic carbocycles. The lowest BCUT2D eigenvalue weighted by atomic mass is 10.2. The van der Waals surface area contributed by atoms with Crippen LogP contribution in [0.25, 0.3) is 0 Å². The summed E-state index contributed by atoms with van der Waals surface area (Å²) in [5, 5.41) is 8.59. The Balaban J connectivity index is 2.17. The molecule has 0 atom stereocenters. The molecule has 0 aliphatic carbocycles. The smallest absolute Gasteiger partial charge is 0.128 e. The quantitative estimate of drug-likeness (QED) is 0.708. The monoisotopic (exact) mass is 187 g/mol. The van der Waals surface area contributed by atoms with Crippen molar-refractivity contribution in [2.75, 3.05) is 18.0 Å². The molecule has 1 aliphatic heterocycles. The second-order valence-corrected chi connectivity index (χ2v) is 3.55. The minimum absolute atomic E-state index is 0.476. The second-order valence-electron chi connectivity index (χ2n) is 3.55. The van der Waals surface area contributed by atoms with Crippen molar-refractivity contribution >= 4 is 5.82 Å². The molecule has 1 aromatic heterocycles. The lowest BCUT2D eigenvalue weighted by Gasteiger charge is -2.16. The van der Waals surface area contributed by atoms with Crippen LogP contribution in [0.4, 0.5) is 5.82 Å². The molecule has 72 valence electrons. The maximum absolute atomic E-state index is 8.59. The van der Waals surface area contributed by atoms with Crippen molar-refractivity contribution in [2.45, 2.75) is 19.3 Å². The van der Waals surface area contributed by atoms with E-state index in [-0.39, 0.29) is 0 Å². The summed E-state index contributed by atoms with van der Waals surface area (Å²) in [4.78, 5) is 6.60. The Bertz CT molecular complexity index is 348. The highest BCUT2D eigenvalue weighted by Crippen LogP contribution is 2.18. The normalized spacial score (nSPS) is 15.5. The largest absolute Gasteiger partial charge is 0.357 e. The summed E-state index contributed by atoms with van der Waals surface area (Å²) in [7, 11) is 0. The summed E-state index contributed by atoms with van der Waals surface area (Å²) in [5.74, 6) is 1.02. The molecule has 0 radical (unpaired) electrons. The van der Waals surface area contributed by atoms with Gasteiger partial charge in [-0.3, -0.25) is 0 Å². The standard InChI is InChI=1S/C11H13N3/c12-5-3-10-4-6-13-11(9-10)14-7-1-2-8-14/h4,6,9H,1-3,7-8H2. The highest BCUT2D eigenvalue weighted by atomic mass is 15.2. The van der Waals surface area contributed by atoms with Gasteiger partial charge in [-0.25, -0.2) is 4.98 Å². The number of pyridine rings is 1. The van der Waals surface area contributed by atoms with E-state index in [2.05, 4.69) is 16.0 Å². The van der Waals surface area contributed by atoms with E-state index in [9.17, 15) is 0 Å². The summed E-state index contributed by atoms with van der Waals surface area (Å²) in [5.41, 5.74) is 1.06. The molecule has 0 amide bonds. The fourth-order valence-electron chi connectivity index (χ4n) is 1.78. The summed E-state index contributed by atoms with van der Waals surface area (Å²) in [6.07, 6.45) is 4.78. The average Bonchev–Trinajstić information content (AvgIpc) is 2.71. The summed E-state index contributed by atoms with van der Waals surface area (Å²) < 4.78 is 0. The molecule has 2 heterocycles. The van der Waals surface area contributed by atoms with Gasteiger partial charge in [-0.15, -0.1) is 0 Å². The van der Waals surface area contributed by atoms with Crippen LogP contribution in [0.5, 0.6) is 0 Å². The minimum atomic E-state index is 0.476. The molecule has 0 unspecified atom stereocenters. The molecule has 1 aliphatic rings. The SMILES string of the molecule is N#CCc1ccnc(N2CCCC2)c1. The number of hydrogen-bond acceptors (Lipinski definition) is 3. The Morgan fingerprint density at radius 1 is 1.43 bits per heavy atom. The van der Waals surface area contributed by atoms with Crippen LogP contribution in [0.3, 0.4) is 0 Å². The van der Waals surface area contributed by atoms with Crippen LogP contribution in [0, 0.1) is 11.3 Å². The molecule has 1 aromatic rings. The number of nitrogens with zero attached hydrogens (tertiary/aromatic N) is 3. The van der Waals surface area contributed by atoms with Crippen molar-refractivity contribution in [3.05, 3.63) is 23.9 Å². The zero-order chi connectivity index (χ0) is 9.80. The van der Waals surface area contributed by atoms with Gasteiger partial charge in [0.05, 0.1) is 12.5 Å². The van der Waals surface area contributed by atoms with E-state index in [1.54, 1.807) is 6.20 Å². The fourth-order valence-corrected chi connectivity index (χ4v) is 1.78. The Kier molecular flexibility index (Phi) is 2.64. The van der Waals surface area contributed by atoms with E-state index >= 15 is 0 Å². The van der Waals surface area contributed by atoms with Crippen molar-refractivity contribution in [1.82, 2.24) is 4.98 Å². The van der Waals surface area contributed by atoms with Crippen LogP contribution in [-0.4, -0.2) is 18.1 Å². The lowest BCUT2D eigenvalue weighted by molar-refractivity contribution is 0.934. The zero-order valence-corrected chi connectivity index (χ0v) is 8.11. The third-order valence-electron chi connectivity index (χ3n) is 2.52. The van der Waals surface area contributed by atoms with E-state index in [0.29, 0.717) is 6.42 Å². The molecule has 0 N–H and O–H groups in total. The number of rotatable bonds is 2. The summed E-state index contributed by atoms with van der Waals surface area (Å²) >= 11 is 0. The zero-order valence-electron chi connectivity index (χ0n) is 8.11. The first kappa shape index (κ1) is 9.01.